The maximum Gasteiger partial charge on any atom is 0.152 e. The molecule has 0 aromatic carbocycles. The summed E-state index contributed by atoms with van der Waals surface area (Å²) in [6.07, 6.45) is 2.83. The van der Waals surface area contributed by atoms with Gasteiger partial charge in [-0.1, -0.05) is 6.92 Å². The average Bonchev–Trinajstić information content (AvgIpc) is 2.52. The van der Waals surface area contributed by atoms with Crippen LogP contribution < -0.4 is 0 Å². The fraction of sp³-hybridized carbons (Fsp3) is 0.875. The minimum atomic E-state index is -2.90. The van der Waals surface area contributed by atoms with E-state index in [-0.39, 0.29) is 16.9 Å². The van der Waals surface area contributed by atoms with Gasteiger partial charge in [0.15, 0.2) is 9.84 Å². The molecule has 1 saturated carbocycles. The van der Waals surface area contributed by atoms with Crippen LogP contribution in [-0.2, 0) is 14.6 Å². The van der Waals surface area contributed by atoms with Crippen LogP contribution in [0.4, 0.5) is 0 Å². The van der Waals surface area contributed by atoms with Crippen molar-refractivity contribution in [1.82, 2.24) is 0 Å². The second-order valence-corrected chi connectivity index (χ2v) is 5.85. The van der Waals surface area contributed by atoms with Gasteiger partial charge in [0.1, 0.15) is 6.29 Å². The summed E-state index contributed by atoms with van der Waals surface area (Å²) in [6, 6.07) is 0. The van der Waals surface area contributed by atoms with Crippen molar-refractivity contribution in [2.24, 2.45) is 5.92 Å². The first-order valence-corrected chi connectivity index (χ1v) is 5.98. The molecule has 0 bridgehead atoms. The van der Waals surface area contributed by atoms with Crippen LogP contribution in [0, 0.1) is 5.92 Å². The van der Waals surface area contributed by atoms with Gasteiger partial charge in [-0.25, -0.2) is 8.42 Å². The van der Waals surface area contributed by atoms with Gasteiger partial charge in [0, 0.05) is 11.7 Å². The summed E-state index contributed by atoms with van der Waals surface area (Å²) in [5.41, 5.74) is 0. The highest BCUT2D eigenvalue weighted by Gasteiger charge is 2.32. The van der Waals surface area contributed by atoms with Crippen LogP contribution in [0.5, 0.6) is 0 Å². The first-order valence-electron chi connectivity index (χ1n) is 4.27. The second-order valence-electron chi connectivity index (χ2n) is 3.28. The maximum atomic E-state index is 11.3. The van der Waals surface area contributed by atoms with Crippen molar-refractivity contribution in [2.45, 2.75) is 31.4 Å². The van der Waals surface area contributed by atoms with E-state index in [2.05, 4.69) is 0 Å². The smallest absolute Gasteiger partial charge is 0.152 e. The molecular formula is C8H14O3S. The number of sulfone groups is 1. The average molecular weight is 190 g/mol. The Balaban J connectivity index is 2.64. The Morgan fingerprint density at radius 2 is 2.08 bits per heavy atom. The van der Waals surface area contributed by atoms with E-state index in [0.717, 1.165) is 12.7 Å². The highest BCUT2D eigenvalue weighted by molar-refractivity contribution is 7.92. The molecule has 1 fully saturated rings. The molecule has 1 aliphatic rings. The van der Waals surface area contributed by atoms with Crippen LogP contribution in [0.2, 0.25) is 0 Å². The van der Waals surface area contributed by atoms with Gasteiger partial charge in [0.2, 0.25) is 0 Å². The minimum Gasteiger partial charge on any atom is -0.303 e. The van der Waals surface area contributed by atoms with E-state index in [1.54, 1.807) is 6.92 Å². The van der Waals surface area contributed by atoms with E-state index in [4.69, 9.17) is 0 Å². The highest BCUT2D eigenvalue weighted by atomic mass is 32.2. The lowest BCUT2D eigenvalue weighted by Gasteiger charge is -2.07. The van der Waals surface area contributed by atoms with Crippen LogP contribution >= 0.6 is 0 Å². The first kappa shape index (κ1) is 9.71. The fourth-order valence-corrected chi connectivity index (χ4v) is 3.17. The summed E-state index contributed by atoms with van der Waals surface area (Å²) < 4.78 is 22.7. The molecule has 0 N–H and O–H groups in total. The lowest BCUT2D eigenvalue weighted by Crippen LogP contribution is -2.20. The maximum absolute atomic E-state index is 11.3. The normalized spacial score (nSPS) is 30.4. The van der Waals surface area contributed by atoms with Crippen LogP contribution in [0.3, 0.4) is 0 Å². The third kappa shape index (κ3) is 1.86. The van der Waals surface area contributed by atoms with Crippen molar-refractivity contribution in [3.05, 3.63) is 0 Å². The largest absolute Gasteiger partial charge is 0.303 e. The van der Waals surface area contributed by atoms with Crippen molar-refractivity contribution in [3.63, 3.8) is 0 Å². The van der Waals surface area contributed by atoms with E-state index in [9.17, 15) is 13.2 Å². The Morgan fingerprint density at radius 1 is 1.42 bits per heavy atom. The Kier molecular flexibility index (Phi) is 2.88. The van der Waals surface area contributed by atoms with Crippen LogP contribution in [0.1, 0.15) is 26.2 Å². The van der Waals surface area contributed by atoms with Gasteiger partial charge < -0.3 is 4.79 Å². The highest BCUT2D eigenvalue weighted by Crippen LogP contribution is 2.29. The lowest BCUT2D eigenvalue weighted by molar-refractivity contribution is -0.110. The van der Waals surface area contributed by atoms with Gasteiger partial charge in [-0.3, -0.25) is 0 Å². The predicted octanol–water partition coefficient (Wildman–Crippen LogP) is 0.789. The standard InChI is InChI=1S/C8H14O3S/c1-2-12(10,11)8-4-3-7(5-8)6-9/h6-8H,2-5H2,1H3/t7-,8-/m1/s1. The monoisotopic (exact) mass is 190 g/mol. The zero-order chi connectivity index (χ0) is 9.19. The van der Waals surface area contributed by atoms with E-state index in [0.29, 0.717) is 12.8 Å². The second kappa shape index (κ2) is 3.56. The number of carbonyl (C=O) groups excluding carboxylic acids is 1. The predicted molar refractivity (Wildman–Crippen MR) is 46.7 cm³/mol. The van der Waals surface area contributed by atoms with Crippen LogP contribution in [-0.4, -0.2) is 25.7 Å². The van der Waals surface area contributed by atoms with Crippen molar-refractivity contribution < 1.29 is 13.2 Å². The van der Waals surface area contributed by atoms with E-state index < -0.39 is 9.84 Å². The molecule has 0 saturated heterocycles. The summed E-state index contributed by atoms with van der Waals surface area (Å²) in [4.78, 5) is 10.4. The molecule has 2 atom stereocenters. The zero-order valence-electron chi connectivity index (χ0n) is 7.19. The van der Waals surface area contributed by atoms with E-state index >= 15 is 0 Å². The molecule has 12 heavy (non-hydrogen) atoms. The van der Waals surface area contributed by atoms with Gasteiger partial charge in [0.25, 0.3) is 0 Å². The molecule has 0 spiro atoms. The molecule has 0 heterocycles. The molecular weight excluding hydrogens is 176 g/mol. The number of rotatable bonds is 3. The molecule has 0 aromatic heterocycles. The number of hydrogen-bond donors (Lipinski definition) is 0. The summed E-state index contributed by atoms with van der Waals surface area (Å²) in [6.45, 7) is 1.66. The molecule has 0 aromatic rings. The van der Waals surface area contributed by atoms with Gasteiger partial charge in [0.05, 0.1) is 5.25 Å². The first-order chi connectivity index (χ1) is 5.60. The molecule has 0 unspecified atom stereocenters. The fourth-order valence-electron chi connectivity index (χ4n) is 1.66. The van der Waals surface area contributed by atoms with Crippen LogP contribution in [0.25, 0.3) is 0 Å². The van der Waals surface area contributed by atoms with Gasteiger partial charge in [-0.2, -0.15) is 0 Å². The molecule has 70 valence electrons. The molecule has 0 aliphatic heterocycles. The third-order valence-corrected chi connectivity index (χ3v) is 4.78. The van der Waals surface area contributed by atoms with Crippen molar-refractivity contribution >= 4 is 16.1 Å². The summed E-state index contributed by atoms with van der Waals surface area (Å²) >= 11 is 0. The third-order valence-electron chi connectivity index (χ3n) is 2.53. The van der Waals surface area contributed by atoms with Gasteiger partial charge >= 0.3 is 0 Å². The Hall–Kier alpha value is -0.380. The topological polar surface area (TPSA) is 51.2 Å². The zero-order valence-corrected chi connectivity index (χ0v) is 8.01. The van der Waals surface area contributed by atoms with Crippen molar-refractivity contribution in [2.75, 3.05) is 5.75 Å². The van der Waals surface area contributed by atoms with Gasteiger partial charge in [-0.15, -0.1) is 0 Å². The van der Waals surface area contributed by atoms with E-state index in [1.807, 2.05) is 0 Å². The minimum absolute atomic E-state index is 0.0173. The molecule has 4 heteroatoms. The molecule has 1 aliphatic carbocycles. The molecule has 0 radical (unpaired) electrons. The number of aldehydes is 1. The number of carbonyl (C=O) groups is 1. The molecule has 1 rings (SSSR count). The van der Waals surface area contributed by atoms with Gasteiger partial charge in [-0.05, 0) is 19.3 Å². The van der Waals surface area contributed by atoms with E-state index in [1.165, 1.54) is 0 Å². The quantitative estimate of drug-likeness (QED) is 0.618. The lowest BCUT2D eigenvalue weighted by atomic mass is 10.1. The summed E-state index contributed by atoms with van der Waals surface area (Å²) in [5, 5.41) is -0.252. The Bertz CT molecular complexity index is 255. The van der Waals surface area contributed by atoms with Crippen molar-refractivity contribution in [1.29, 1.82) is 0 Å². The Labute approximate surface area is 73.1 Å². The number of hydrogen-bond acceptors (Lipinski definition) is 3. The summed E-state index contributed by atoms with van der Waals surface area (Å²) in [7, 11) is -2.90. The van der Waals surface area contributed by atoms with Crippen LogP contribution in [0.15, 0.2) is 0 Å². The molecule has 0 amide bonds. The summed E-state index contributed by atoms with van der Waals surface area (Å²) in [5.74, 6) is 0.180. The SMILES string of the molecule is CCS(=O)(=O)[C@@H]1CC[C@@H](C=O)C1. The van der Waals surface area contributed by atoms with Crippen molar-refractivity contribution in [3.8, 4) is 0 Å². The molecule has 3 nitrogen and oxygen atoms in total. The Morgan fingerprint density at radius 3 is 2.50 bits per heavy atom.